The van der Waals surface area contributed by atoms with Crippen LogP contribution in [0.25, 0.3) is 0 Å². The number of benzene rings is 2. The van der Waals surface area contributed by atoms with Crippen LogP contribution in [0.5, 0.6) is 5.75 Å². The molecule has 0 aliphatic carbocycles. The Morgan fingerprint density at radius 3 is 2.42 bits per heavy atom. The number of aliphatic hydroxyl groups excluding tert-OH is 1. The van der Waals surface area contributed by atoms with Crippen molar-refractivity contribution in [3.8, 4) is 5.75 Å². The Balaban J connectivity index is 1.37. The third-order valence-electron chi connectivity index (χ3n) is 6.99. The second-order valence-electron chi connectivity index (χ2n) is 9.52. The van der Waals surface area contributed by atoms with E-state index in [4.69, 9.17) is 9.47 Å². The molecule has 3 aliphatic heterocycles. The topological polar surface area (TPSA) is 129 Å². The number of fused-ring (bicyclic) bond motifs is 1. The number of thioether (sulfide) groups is 1. The molecule has 2 aromatic carbocycles. The van der Waals surface area contributed by atoms with Crippen molar-refractivity contribution in [1.29, 1.82) is 0 Å². The van der Waals surface area contributed by atoms with Gasteiger partial charge in [-0.3, -0.25) is 14.5 Å². The molecule has 3 heterocycles. The molecule has 38 heavy (non-hydrogen) atoms. The number of amides is 2. The molecule has 0 bridgehead atoms. The van der Waals surface area contributed by atoms with Crippen LogP contribution in [0.3, 0.4) is 0 Å². The Bertz CT molecular complexity index is 1310. The predicted octanol–water partition coefficient (Wildman–Crippen LogP) is 3.09. The Morgan fingerprint density at radius 1 is 1.11 bits per heavy atom. The number of esters is 1. The number of β-lactam (4-membered cyclic amide) rings is 1. The first kappa shape index (κ1) is 25.6. The highest BCUT2D eigenvalue weighted by Gasteiger charge is 2.65. The van der Waals surface area contributed by atoms with Gasteiger partial charge in [-0.05, 0) is 37.1 Å². The van der Waals surface area contributed by atoms with Crippen LogP contribution in [0.2, 0.25) is 0 Å². The third-order valence-corrected chi connectivity index (χ3v) is 8.24. The maximum atomic E-state index is 13.7. The van der Waals surface area contributed by atoms with Crippen molar-refractivity contribution in [2.75, 3.05) is 12.9 Å². The number of rotatable bonds is 7. The molecule has 198 valence electrons. The Labute approximate surface area is 222 Å². The van der Waals surface area contributed by atoms with Gasteiger partial charge in [-0.15, -0.1) is 16.7 Å². The van der Waals surface area contributed by atoms with Gasteiger partial charge in [0.15, 0.2) is 11.7 Å². The first-order valence-corrected chi connectivity index (χ1v) is 12.9. The van der Waals surface area contributed by atoms with Gasteiger partial charge in [0.05, 0.1) is 18.1 Å². The molecule has 0 spiro atoms. The maximum Gasteiger partial charge on any atom is 0.358 e. The summed E-state index contributed by atoms with van der Waals surface area (Å²) in [4.78, 5) is 54.6. The van der Waals surface area contributed by atoms with E-state index < -0.39 is 40.9 Å². The zero-order valence-electron chi connectivity index (χ0n) is 20.9. The predicted molar refractivity (Wildman–Crippen MR) is 137 cm³/mol. The minimum absolute atomic E-state index is 0.0537. The van der Waals surface area contributed by atoms with Crippen molar-refractivity contribution < 1.29 is 29.0 Å². The standard InChI is InChI=1S/C26H26N4O7S/c1-26(2)29(23(33)19(30(26)27-35)16-7-5-4-6-8-16)21-22(32)28-20(18(31)14-38-24(21)28)25(34)37-13-15-9-11-17(36-3)12-10-15/h4-12,19,21,24,31H,13-14H2,1-3H3/t19?,21?,24-/m1/s1. The molecule has 1 N–H and O–H groups in total. The second-order valence-corrected chi connectivity index (χ2v) is 10.6. The lowest BCUT2D eigenvalue weighted by Gasteiger charge is -2.54. The number of carbonyl (C=O) groups is 3. The molecule has 2 aromatic rings. The van der Waals surface area contributed by atoms with E-state index in [0.29, 0.717) is 16.9 Å². The van der Waals surface area contributed by atoms with E-state index >= 15 is 0 Å². The van der Waals surface area contributed by atoms with Crippen molar-refractivity contribution in [1.82, 2.24) is 14.8 Å². The van der Waals surface area contributed by atoms with Crippen LogP contribution < -0.4 is 4.74 Å². The lowest BCUT2D eigenvalue weighted by atomic mass is 9.99. The highest BCUT2D eigenvalue weighted by atomic mass is 32.2. The summed E-state index contributed by atoms with van der Waals surface area (Å²) in [6.45, 7) is 3.23. The zero-order valence-corrected chi connectivity index (χ0v) is 21.8. The number of nitroso groups, excluding NO2 is 1. The van der Waals surface area contributed by atoms with Crippen molar-refractivity contribution >= 4 is 29.5 Å². The summed E-state index contributed by atoms with van der Waals surface area (Å²) in [7, 11) is 1.55. The van der Waals surface area contributed by atoms with Gasteiger partial charge in [0.25, 0.3) is 11.8 Å². The van der Waals surface area contributed by atoms with Crippen LogP contribution in [0.1, 0.15) is 31.0 Å². The van der Waals surface area contributed by atoms with E-state index in [2.05, 4.69) is 5.29 Å². The van der Waals surface area contributed by atoms with E-state index in [-0.39, 0.29) is 23.8 Å². The minimum Gasteiger partial charge on any atom is -0.509 e. The van der Waals surface area contributed by atoms with E-state index in [1.807, 2.05) is 0 Å². The first-order chi connectivity index (χ1) is 18.2. The van der Waals surface area contributed by atoms with Gasteiger partial charge in [-0.1, -0.05) is 42.5 Å². The number of nitrogens with zero attached hydrogens (tertiary/aromatic N) is 4. The summed E-state index contributed by atoms with van der Waals surface area (Å²) < 4.78 is 10.5. The highest BCUT2D eigenvalue weighted by molar-refractivity contribution is 8.00. The molecule has 0 saturated carbocycles. The van der Waals surface area contributed by atoms with E-state index in [9.17, 15) is 24.4 Å². The fourth-order valence-corrected chi connectivity index (χ4v) is 6.34. The number of hydrogen-bond donors (Lipinski definition) is 1. The molecule has 2 amide bonds. The van der Waals surface area contributed by atoms with Crippen molar-refractivity contribution in [2.24, 2.45) is 5.29 Å². The summed E-state index contributed by atoms with van der Waals surface area (Å²) >= 11 is 1.22. The lowest BCUT2D eigenvalue weighted by molar-refractivity contribution is -0.165. The summed E-state index contributed by atoms with van der Waals surface area (Å²) in [5.74, 6) is -1.41. The molecular formula is C26H26N4O7S. The van der Waals surface area contributed by atoms with Crippen LogP contribution in [0.15, 0.2) is 71.3 Å². The smallest absolute Gasteiger partial charge is 0.358 e. The van der Waals surface area contributed by atoms with E-state index in [0.717, 1.165) is 5.01 Å². The molecule has 5 rings (SSSR count). The number of ether oxygens (including phenoxy) is 2. The molecule has 2 fully saturated rings. The molecule has 0 radical (unpaired) electrons. The van der Waals surface area contributed by atoms with Gasteiger partial charge in [-0.25, -0.2) is 9.80 Å². The first-order valence-electron chi connectivity index (χ1n) is 11.9. The molecule has 3 aliphatic rings. The SMILES string of the molecule is COc1ccc(COC(=O)C2=C(O)CS[C@@H]3C(N4C(=O)C(c5ccccc5)N(N=O)C4(C)C)C(=O)N23)cc1. The molecule has 11 nitrogen and oxygen atoms in total. The monoisotopic (exact) mass is 538 g/mol. The van der Waals surface area contributed by atoms with Gasteiger partial charge in [-0.2, -0.15) is 0 Å². The molecule has 12 heteroatoms. The maximum absolute atomic E-state index is 13.7. The number of aliphatic hydroxyl groups is 1. The van der Waals surface area contributed by atoms with Gasteiger partial charge in [0.1, 0.15) is 35.2 Å². The Hall–Kier alpha value is -4.06. The van der Waals surface area contributed by atoms with Crippen LogP contribution in [-0.4, -0.2) is 67.6 Å². The van der Waals surface area contributed by atoms with Crippen molar-refractivity contribution in [3.05, 3.63) is 82.1 Å². The quantitative estimate of drug-likeness (QED) is 0.321. The average Bonchev–Trinajstić information content (AvgIpc) is 3.12. The summed E-state index contributed by atoms with van der Waals surface area (Å²) in [5, 5.41) is 14.2. The van der Waals surface area contributed by atoms with E-state index in [1.165, 1.54) is 21.6 Å². The van der Waals surface area contributed by atoms with Gasteiger partial charge in [0.2, 0.25) is 0 Å². The lowest BCUT2D eigenvalue weighted by Crippen LogP contribution is -2.73. The van der Waals surface area contributed by atoms with Crippen molar-refractivity contribution in [2.45, 2.75) is 43.6 Å². The largest absolute Gasteiger partial charge is 0.509 e. The fraction of sp³-hybridized carbons (Fsp3) is 0.346. The average molecular weight is 539 g/mol. The third kappa shape index (κ3) is 3.95. The van der Waals surface area contributed by atoms with Gasteiger partial charge < -0.3 is 19.5 Å². The molecule has 2 unspecified atom stereocenters. The van der Waals surface area contributed by atoms with Crippen LogP contribution >= 0.6 is 11.8 Å². The minimum atomic E-state index is -1.22. The second kappa shape index (κ2) is 9.67. The zero-order chi connectivity index (χ0) is 27.2. The summed E-state index contributed by atoms with van der Waals surface area (Å²) in [5.41, 5.74) is -0.178. The number of methoxy groups -OCH3 is 1. The van der Waals surface area contributed by atoms with Crippen LogP contribution in [0, 0.1) is 4.91 Å². The summed E-state index contributed by atoms with van der Waals surface area (Å²) in [6, 6.07) is 13.7. The highest BCUT2D eigenvalue weighted by Crippen LogP contribution is 2.49. The molecule has 0 aromatic heterocycles. The molecular weight excluding hydrogens is 512 g/mol. The normalized spacial score (nSPS) is 24.2. The Kier molecular flexibility index (Phi) is 6.51. The Morgan fingerprint density at radius 2 is 1.79 bits per heavy atom. The number of hydrogen-bond acceptors (Lipinski definition) is 9. The fourth-order valence-electron chi connectivity index (χ4n) is 5.09. The van der Waals surface area contributed by atoms with Crippen LogP contribution in [0.4, 0.5) is 0 Å². The van der Waals surface area contributed by atoms with Gasteiger partial charge >= 0.3 is 5.97 Å². The van der Waals surface area contributed by atoms with E-state index in [1.54, 1.807) is 75.6 Å². The summed E-state index contributed by atoms with van der Waals surface area (Å²) in [6.07, 6.45) is 0. The van der Waals surface area contributed by atoms with Gasteiger partial charge in [0, 0.05) is 0 Å². The molecule has 3 atom stereocenters. The molecule has 2 saturated heterocycles. The van der Waals surface area contributed by atoms with Crippen LogP contribution in [-0.2, 0) is 25.7 Å². The van der Waals surface area contributed by atoms with Crippen molar-refractivity contribution in [3.63, 3.8) is 0 Å². The number of carbonyl (C=O) groups excluding carboxylic acids is 3.